The second-order valence-corrected chi connectivity index (χ2v) is 28.7. The van der Waals surface area contributed by atoms with E-state index in [4.69, 9.17) is 52.1 Å². The van der Waals surface area contributed by atoms with Crippen molar-refractivity contribution in [1.29, 1.82) is 0 Å². The normalized spacial score (nSPS) is 56.8. The molecule has 5 aliphatic carbocycles. The van der Waals surface area contributed by atoms with Crippen molar-refractivity contribution in [1.82, 2.24) is 0 Å². The number of aliphatic hydroxyl groups is 15. The van der Waals surface area contributed by atoms with Gasteiger partial charge in [0.15, 0.2) is 31.5 Å². The van der Waals surface area contributed by atoms with E-state index in [2.05, 4.69) is 34.6 Å². The van der Waals surface area contributed by atoms with E-state index in [9.17, 15) is 81.4 Å². The lowest BCUT2D eigenvalue weighted by atomic mass is 9.30. The first-order valence-corrected chi connectivity index (χ1v) is 30.6. The van der Waals surface area contributed by atoms with Gasteiger partial charge in [-0.25, -0.2) is 0 Å². The van der Waals surface area contributed by atoms with Crippen LogP contribution in [0.1, 0.15) is 106 Å². The molecule has 0 amide bonds. The van der Waals surface area contributed by atoms with Crippen molar-refractivity contribution in [2.24, 2.45) is 50.2 Å². The number of rotatable bonds is 14. The van der Waals surface area contributed by atoms with Crippen molar-refractivity contribution in [2.75, 3.05) is 46.2 Å². The van der Waals surface area contributed by atoms with E-state index < -0.39 is 202 Å². The van der Waals surface area contributed by atoms with Gasteiger partial charge in [-0.2, -0.15) is 0 Å². The van der Waals surface area contributed by atoms with Gasteiger partial charge >= 0.3 is 0 Å². The molecule has 0 aromatic carbocycles. The molecule has 27 heteroatoms. The van der Waals surface area contributed by atoms with E-state index in [1.807, 2.05) is 6.92 Å². The van der Waals surface area contributed by atoms with Crippen LogP contribution in [0.25, 0.3) is 0 Å². The number of fused-ring (bicyclic) bond motifs is 4. The molecule has 11 aliphatic rings. The SMILES string of the molecule is CC1(C)CC[C@]23CO[C@@]4(CC[C@@H]5[C@@]6(C)CC[C@H](O[C@@H]7OC[C@H](O[C@@H]8O[C@H](CO)[C@@H](O)[C@H](O)[C@H]8O[C@@H]8OC[C@@H](O)[C@H](O)[C@H]8O)[C@H](O)[C@@H]7O[C@@H]7O[C@H](CO)[C@@H](O[C@@H]8O[C@H](CO)[C@@H](O)[C@H](O)[C@H]8O)[C@H](O)[C@H]7O)[C@@](C)(CO)[C@@H]6CC[C@@]5(C)[C@]4(C)CC2=O)[C@@H]3C1. The minimum absolute atomic E-state index is 0.0738. The van der Waals surface area contributed by atoms with Crippen molar-refractivity contribution in [3.63, 3.8) is 0 Å². The summed E-state index contributed by atoms with van der Waals surface area (Å²) in [5, 5.41) is 164. The third-order valence-corrected chi connectivity index (χ3v) is 23.9. The fourth-order valence-corrected chi connectivity index (χ4v) is 18.6. The molecule has 6 saturated heterocycles. The molecule has 0 aromatic heterocycles. The number of carbonyl (C=O) groups is 1. The smallest absolute Gasteiger partial charge is 0.187 e. The average molecular weight is 1220 g/mol. The first-order valence-electron chi connectivity index (χ1n) is 30.6. The highest BCUT2D eigenvalue weighted by Crippen LogP contribution is 2.80. The molecule has 27 nitrogen and oxygen atoms in total. The van der Waals surface area contributed by atoms with Gasteiger partial charge in [0.1, 0.15) is 116 Å². The lowest BCUT2D eigenvalue weighted by Crippen LogP contribution is -2.73. The van der Waals surface area contributed by atoms with Gasteiger partial charge in [-0.1, -0.05) is 41.5 Å². The van der Waals surface area contributed by atoms with Gasteiger partial charge < -0.3 is 129 Å². The molecule has 15 N–H and O–H groups in total. The summed E-state index contributed by atoms with van der Waals surface area (Å²) < 4.78 is 67.7. The minimum atomic E-state index is -2.11. The fraction of sp³-hybridized carbons (Fsp3) is 0.983. The quantitative estimate of drug-likeness (QED) is 0.0736. The Hall–Kier alpha value is -1.37. The zero-order valence-corrected chi connectivity index (χ0v) is 49.2. The molecular weight excluding hydrogens is 1130 g/mol. The van der Waals surface area contributed by atoms with Crippen LogP contribution in [0, 0.1) is 50.2 Å². The maximum absolute atomic E-state index is 14.8. The van der Waals surface area contributed by atoms with Crippen LogP contribution in [0.2, 0.25) is 0 Å². The predicted molar refractivity (Wildman–Crippen MR) is 283 cm³/mol. The lowest BCUT2D eigenvalue weighted by Gasteiger charge is -2.74. The van der Waals surface area contributed by atoms with Crippen LogP contribution in [-0.2, 0) is 56.9 Å². The van der Waals surface area contributed by atoms with Gasteiger partial charge in [-0.15, -0.1) is 0 Å². The lowest BCUT2D eigenvalue weighted by molar-refractivity contribution is -0.398. The first kappa shape index (κ1) is 65.1. The second kappa shape index (κ2) is 23.6. The van der Waals surface area contributed by atoms with Gasteiger partial charge in [0, 0.05) is 23.2 Å². The molecule has 6 aliphatic heterocycles. The zero-order valence-electron chi connectivity index (χ0n) is 49.2. The Morgan fingerprint density at radius 2 is 1.06 bits per heavy atom. The topological polar surface area (TPSA) is 422 Å². The van der Waals surface area contributed by atoms with Gasteiger partial charge in [0.05, 0.1) is 63.4 Å². The highest BCUT2D eigenvalue weighted by molar-refractivity contribution is 5.88. The Morgan fingerprint density at radius 3 is 1.73 bits per heavy atom. The molecule has 11 rings (SSSR count). The Morgan fingerprint density at radius 1 is 0.494 bits per heavy atom. The Kier molecular flexibility index (Phi) is 18.1. The standard InChI is InChI=1S/C58H94O27/c1-52(2)13-14-57-23-77-58(31(57)15-52)12-8-30-53(3)10-9-33(54(4,22-62)29(53)7-11-55(30,5)56(58,6)16-32(57)64)82-50-45(85-49-43(74)40(71)44(27(19-61)80-49)83-48-42(73)38(69)35(66)25(17-59)78-48)37(68)28(21-76-50)81-51-46(39(70)36(67)26(18-60)79-51)84-47-41(72)34(65)24(63)20-75-47/h24-31,33-51,59-63,65-74H,7-23H2,1-6H3/t24-,25-,26-,27-,28+,29-,30-,31-,33+,34+,35-,36-,37+,38+,39+,40-,41-,42-,43-,44-,45+,46-,47+,48+,49+,50+,51+,53+,54+,55-,56+,57-,58+/m1/s1. The molecule has 0 radical (unpaired) electrons. The molecule has 6 heterocycles. The maximum atomic E-state index is 14.8. The Labute approximate surface area is 493 Å². The summed E-state index contributed by atoms with van der Waals surface area (Å²) in [5.41, 5.74) is -2.97. The summed E-state index contributed by atoms with van der Waals surface area (Å²) in [6, 6.07) is 0. The molecule has 2 bridgehead atoms. The van der Waals surface area contributed by atoms with E-state index in [1.54, 1.807) is 0 Å². The largest absolute Gasteiger partial charge is 0.396 e. The third kappa shape index (κ3) is 10.2. The Balaban J connectivity index is 0.866. The summed E-state index contributed by atoms with van der Waals surface area (Å²) in [6.07, 6.45) is -34.4. The van der Waals surface area contributed by atoms with E-state index in [0.29, 0.717) is 38.1 Å². The molecule has 0 unspecified atom stereocenters. The van der Waals surface area contributed by atoms with Crippen LogP contribution < -0.4 is 0 Å². The van der Waals surface area contributed by atoms with E-state index >= 15 is 0 Å². The summed E-state index contributed by atoms with van der Waals surface area (Å²) in [5.74, 6) is 0.419. The van der Waals surface area contributed by atoms with Crippen LogP contribution in [0.5, 0.6) is 0 Å². The van der Waals surface area contributed by atoms with E-state index in [1.165, 1.54) is 0 Å². The van der Waals surface area contributed by atoms with Crippen molar-refractivity contribution < 1.29 is 133 Å². The van der Waals surface area contributed by atoms with Crippen molar-refractivity contribution in [3.8, 4) is 0 Å². The van der Waals surface area contributed by atoms with Crippen LogP contribution in [0.3, 0.4) is 0 Å². The number of hydrogen-bond donors (Lipinski definition) is 15. The van der Waals surface area contributed by atoms with Gasteiger partial charge in [-0.3, -0.25) is 4.79 Å². The van der Waals surface area contributed by atoms with Crippen LogP contribution in [0.15, 0.2) is 0 Å². The average Bonchev–Trinajstić information content (AvgIpc) is 1.64. The molecule has 85 heavy (non-hydrogen) atoms. The van der Waals surface area contributed by atoms with Crippen molar-refractivity contribution >= 4 is 5.78 Å². The zero-order chi connectivity index (χ0) is 61.5. The number of hydrogen-bond acceptors (Lipinski definition) is 27. The van der Waals surface area contributed by atoms with Gasteiger partial charge in [0.2, 0.25) is 0 Å². The molecular formula is C58H94O27. The van der Waals surface area contributed by atoms with Crippen LogP contribution in [0.4, 0.5) is 0 Å². The van der Waals surface area contributed by atoms with Crippen molar-refractivity contribution in [2.45, 2.75) is 259 Å². The highest BCUT2D eigenvalue weighted by Gasteiger charge is 2.80. The number of ether oxygens (including phenoxy) is 11. The number of ketones is 1. The highest BCUT2D eigenvalue weighted by atomic mass is 16.8. The van der Waals surface area contributed by atoms with Gasteiger partial charge in [0.25, 0.3) is 0 Å². The van der Waals surface area contributed by atoms with Crippen molar-refractivity contribution in [3.05, 3.63) is 0 Å². The van der Waals surface area contributed by atoms with E-state index in [-0.39, 0.29) is 40.6 Å². The number of Topliss-reactive ketones (excluding diaryl/α,β-unsaturated/α-hetero) is 1. The summed E-state index contributed by atoms with van der Waals surface area (Å²) in [4.78, 5) is 14.8. The predicted octanol–water partition coefficient (Wildman–Crippen LogP) is -4.07. The molecule has 488 valence electrons. The minimum Gasteiger partial charge on any atom is -0.396 e. The van der Waals surface area contributed by atoms with Gasteiger partial charge in [-0.05, 0) is 85.9 Å². The third-order valence-electron chi connectivity index (χ3n) is 23.9. The second-order valence-electron chi connectivity index (χ2n) is 28.7. The molecule has 1 spiro atoms. The summed E-state index contributed by atoms with van der Waals surface area (Å²) in [6.45, 7) is 10.1. The van der Waals surface area contributed by atoms with Crippen LogP contribution in [-0.4, -0.2) is 282 Å². The van der Waals surface area contributed by atoms with E-state index in [0.717, 1.165) is 38.5 Å². The molecule has 0 aromatic rings. The molecule has 5 saturated carbocycles. The number of carbonyl (C=O) groups excluding carboxylic acids is 1. The summed E-state index contributed by atoms with van der Waals surface area (Å²) in [7, 11) is 0. The monoisotopic (exact) mass is 1220 g/mol. The number of aliphatic hydroxyl groups excluding tert-OH is 15. The maximum Gasteiger partial charge on any atom is 0.187 e. The molecule has 11 fully saturated rings. The Bertz CT molecular complexity index is 2360. The summed E-state index contributed by atoms with van der Waals surface area (Å²) >= 11 is 0. The first-order chi connectivity index (χ1) is 40.0. The fourth-order valence-electron chi connectivity index (χ4n) is 18.6. The molecule has 33 atom stereocenters. The van der Waals surface area contributed by atoms with Crippen LogP contribution >= 0.6 is 0 Å².